The molecule has 0 amide bonds. The molecular formula is C20H25ClN2. The van der Waals surface area contributed by atoms with E-state index in [0.717, 1.165) is 62.3 Å². The summed E-state index contributed by atoms with van der Waals surface area (Å²) in [6, 6.07) is 7.24. The first-order valence-corrected chi connectivity index (χ1v) is 8.79. The molecule has 0 fully saturated rings. The molecule has 0 saturated heterocycles. The maximum atomic E-state index is 6.39. The molecule has 1 aliphatic heterocycles. The molecule has 1 aromatic carbocycles. The standard InChI is InChI=1S/C20H25ClN2/c1-3-4-15-23(2)16-7-5-6-8-19-18-12-14-22-13-11-17(18)9-10-20(19)21/h9-10,22H,3,5,7,11-14,16H2,1-2H3. The molecular weight excluding hydrogens is 304 g/mol. The molecule has 1 aromatic rings. The topological polar surface area (TPSA) is 15.3 Å². The van der Waals surface area contributed by atoms with E-state index in [2.05, 4.69) is 42.1 Å². The monoisotopic (exact) mass is 328 g/mol. The van der Waals surface area contributed by atoms with Gasteiger partial charge in [0.15, 0.2) is 0 Å². The van der Waals surface area contributed by atoms with Crippen molar-refractivity contribution in [2.45, 2.75) is 39.0 Å². The predicted molar refractivity (Wildman–Crippen MR) is 98.5 cm³/mol. The van der Waals surface area contributed by atoms with Gasteiger partial charge in [-0.05, 0) is 49.5 Å². The third-order valence-corrected chi connectivity index (χ3v) is 4.25. The van der Waals surface area contributed by atoms with Crippen molar-refractivity contribution in [1.82, 2.24) is 10.2 Å². The van der Waals surface area contributed by atoms with Crippen LogP contribution < -0.4 is 5.32 Å². The minimum absolute atomic E-state index is 0.782. The van der Waals surface area contributed by atoms with Gasteiger partial charge in [-0.25, -0.2) is 0 Å². The summed E-state index contributed by atoms with van der Waals surface area (Å²) >= 11 is 6.39. The summed E-state index contributed by atoms with van der Waals surface area (Å²) < 4.78 is 0. The highest BCUT2D eigenvalue weighted by molar-refractivity contribution is 6.31. The van der Waals surface area contributed by atoms with Crippen LogP contribution in [-0.4, -0.2) is 31.6 Å². The Hall–Kier alpha value is -1.61. The van der Waals surface area contributed by atoms with Gasteiger partial charge in [-0.15, -0.1) is 0 Å². The van der Waals surface area contributed by atoms with Gasteiger partial charge in [0.2, 0.25) is 0 Å². The van der Waals surface area contributed by atoms with Crippen LogP contribution in [0, 0.1) is 23.8 Å². The Bertz CT molecular complexity index is 643. The van der Waals surface area contributed by atoms with Gasteiger partial charge in [-0.1, -0.05) is 42.4 Å². The molecule has 3 heteroatoms. The molecule has 122 valence electrons. The van der Waals surface area contributed by atoms with Crippen molar-refractivity contribution in [2.24, 2.45) is 0 Å². The summed E-state index contributed by atoms with van der Waals surface area (Å²) in [5.41, 5.74) is 3.76. The van der Waals surface area contributed by atoms with Crippen molar-refractivity contribution in [1.29, 1.82) is 0 Å². The number of hydrogen-bond acceptors (Lipinski definition) is 2. The fraction of sp³-hybridized carbons (Fsp3) is 0.500. The summed E-state index contributed by atoms with van der Waals surface area (Å²) in [5, 5.41) is 4.22. The average molecular weight is 329 g/mol. The lowest BCUT2D eigenvalue weighted by atomic mass is 9.97. The number of unbranched alkanes of at least 4 members (excludes halogenated alkanes) is 1. The number of rotatable bonds is 3. The van der Waals surface area contributed by atoms with E-state index in [0.29, 0.717) is 0 Å². The quantitative estimate of drug-likeness (QED) is 0.519. The zero-order valence-electron chi connectivity index (χ0n) is 14.1. The van der Waals surface area contributed by atoms with Crippen molar-refractivity contribution in [2.75, 3.05) is 26.7 Å². The van der Waals surface area contributed by atoms with Crippen molar-refractivity contribution in [3.05, 3.63) is 33.8 Å². The Kier molecular flexibility index (Phi) is 7.34. The first-order valence-electron chi connectivity index (χ1n) is 8.42. The van der Waals surface area contributed by atoms with Crippen LogP contribution in [0.2, 0.25) is 5.02 Å². The van der Waals surface area contributed by atoms with Crippen LogP contribution in [0.1, 0.15) is 42.9 Å². The Morgan fingerprint density at radius 2 is 2.04 bits per heavy atom. The second-order valence-electron chi connectivity index (χ2n) is 5.78. The largest absolute Gasteiger partial charge is 0.336 e. The predicted octanol–water partition coefficient (Wildman–Crippen LogP) is 3.46. The first kappa shape index (κ1) is 17.7. The van der Waals surface area contributed by atoms with Crippen LogP contribution in [0.15, 0.2) is 12.1 Å². The van der Waals surface area contributed by atoms with E-state index in [1.54, 1.807) is 0 Å². The van der Waals surface area contributed by atoms with Crippen LogP contribution >= 0.6 is 11.6 Å². The second-order valence-corrected chi connectivity index (χ2v) is 6.19. The normalized spacial score (nSPS) is 13.0. The van der Waals surface area contributed by atoms with E-state index in [4.69, 9.17) is 11.6 Å². The molecule has 23 heavy (non-hydrogen) atoms. The SMILES string of the molecule is CCC#CN(C)CCCC#Cc1c(Cl)ccc2c1CCNCC2. The maximum Gasteiger partial charge on any atom is 0.0565 e. The van der Waals surface area contributed by atoms with Gasteiger partial charge in [0.25, 0.3) is 0 Å². The van der Waals surface area contributed by atoms with Gasteiger partial charge in [-0.3, -0.25) is 0 Å². The van der Waals surface area contributed by atoms with Gasteiger partial charge < -0.3 is 10.2 Å². The summed E-state index contributed by atoms with van der Waals surface area (Å²) in [7, 11) is 2.02. The Morgan fingerprint density at radius 1 is 1.22 bits per heavy atom. The lowest BCUT2D eigenvalue weighted by Crippen LogP contribution is -2.16. The molecule has 1 heterocycles. The molecule has 0 atom stereocenters. The minimum atomic E-state index is 0.782. The van der Waals surface area contributed by atoms with Gasteiger partial charge in [0.05, 0.1) is 5.02 Å². The number of fused-ring (bicyclic) bond motifs is 1. The van der Waals surface area contributed by atoms with Crippen molar-refractivity contribution in [3.63, 3.8) is 0 Å². The van der Waals surface area contributed by atoms with Crippen LogP contribution in [-0.2, 0) is 12.8 Å². The van der Waals surface area contributed by atoms with Gasteiger partial charge in [0, 0.05) is 38.0 Å². The van der Waals surface area contributed by atoms with E-state index < -0.39 is 0 Å². The summed E-state index contributed by atoms with van der Waals surface area (Å²) in [5.74, 6) is 9.70. The van der Waals surface area contributed by atoms with Crippen molar-refractivity contribution in [3.8, 4) is 23.8 Å². The lowest BCUT2D eigenvalue weighted by Gasteiger charge is -2.10. The molecule has 1 aliphatic rings. The molecule has 2 rings (SSSR count). The molecule has 0 bridgehead atoms. The third-order valence-electron chi connectivity index (χ3n) is 3.94. The van der Waals surface area contributed by atoms with Crippen molar-refractivity contribution >= 4 is 11.6 Å². The molecule has 0 spiro atoms. The third kappa shape index (κ3) is 5.51. The van der Waals surface area contributed by atoms with Crippen LogP contribution in [0.5, 0.6) is 0 Å². The summed E-state index contributed by atoms with van der Waals surface area (Å²) in [6.45, 7) is 5.05. The van der Waals surface area contributed by atoms with E-state index >= 15 is 0 Å². The molecule has 0 unspecified atom stereocenters. The smallest absolute Gasteiger partial charge is 0.0565 e. The molecule has 0 radical (unpaired) electrons. The first-order chi connectivity index (χ1) is 11.2. The second kappa shape index (κ2) is 9.51. The highest BCUT2D eigenvalue weighted by Gasteiger charge is 2.13. The zero-order valence-corrected chi connectivity index (χ0v) is 14.9. The number of nitrogens with zero attached hydrogens (tertiary/aromatic N) is 1. The molecule has 0 saturated carbocycles. The summed E-state index contributed by atoms with van der Waals surface area (Å²) in [6.07, 6.45) is 4.86. The van der Waals surface area contributed by atoms with E-state index in [9.17, 15) is 0 Å². The minimum Gasteiger partial charge on any atom is -0.336 e. The average Bonchev–Trinajstić information content (AvgIpc) is 2.79. The Morgan fingerprint density at radius 3 is 2.87 bits per heavy atom. The fourth-order valence-corrected chi connectivity index (χ4v) is 2.93. The highest BCUT2D eigenvalue weighted by atomic mass is 35.5. The van der Waals surface area contributed by atoms with Crippen LogP contribution in [0.3, 0.4) is 0 Å². The van der Waals surface area contributed by atoms with Gasteiger partial charge in [0.1, 0.15) is 0 Å². The Labute approximate surface area is 145 Å². The molecule has 2 nitrogen and oxygen atoms in total. The van der Waals surface area contributed by atoms with Crippen LogP contribution in [0.4, 0.5) is 0 Å². The van der Waals surface area contributed by atoms with Gasteiger partial charge >= 0.3 is 0 Å². The Balaban J connectivity index is 1.98. The van der Waals surface area contributed by atoms with Crippen molar-refractivity contribution < 1.29 is 0 Å². The van der Waals surface area contributed by atoms with Gasteiger partial charge in [-0.2, -0.15) is 0 Å². The van der Waals surface area contributed by atoms with E-state index in [1.807, 2.05) is 18.0 Å². The number of hydrogen-bond donors (Lipinski definition) is 1. The number of benzene rings is 1. The zero-order chi connectivity index (χ0) is 16.5. The maximum absolute atomic E-state index is 6.39. The van der Waals surface area contributed by atoms with Crippen LogP contribution in [0.25, 0.3) is 0 Å². The molecule has 0 aromatic heterocycles. The lowest BCUT2D eigenvalue weighted by molar-refractivity contribution is 0.471. The fourth-order valence-electron chi connectivity index (χ4n) is 2.70. The number of nitrogens with one attached hydrogen (secondary N) is 1. The number of halogens is 1. The highest BCUT2D eigenvalue weighted by Crippen LogP contribution is 2.24. The molecule has 0 aliphatic carbocycles. The molecule has 1 N–H and O–H groups in total. The van der Waals surface area contributed by atoms with E-state index in [1.165, 1.54) is 11.1 Å². The van der Waals surface area contributed by atoms with E-state index in [-0.39, 0.29) is 0 Å². The summed E-state index contributed by atoms with van der Waals surface area (Å²) in [4.78, 5) is 2.04.